The maximum atomic E-state index is 12.1. The van der Waals surface area contributed by atoms with Gasteiger partial charge in [-0.15, -0.1) is 11.3 Å². The molecule has 0 saturated heterocycles. The summed E-state index contributed by atoms with van der Waals surface area (Å²) in [5, 5.41) is 1.90. The van der Waals surface area contributed by atoms with Gasteiger partial charge in [0.2, 0.25) is 0 Å². The van der Waals surface area contributed by atoms with Crippen LogP contribution in [0.5, 0.6) is 0 Å². The van der Waals surface area contributed by atoms with Gasteiger partial charge in [-0.2, -0.15) is 0 Å². The first kappa shape index (κ1) is 13.1. The van der Waals surface area contributed by atoms with Crippen LogP contribution in [0.1, 0.15) is 42.9 Å². The number of hydrogen-bond donors (Lipinski definition) is 0. The van der Waals surface area contributed by atoms with Crippen LogP contribution in [0.3, 0.4) is 0 Å². The van der Waals surface area contributed by atoms with E-state index in [1.807, 2.05) is 32.2 Å². The highest BCUT2D eigenvalue weighted by molar-refractivity contribution is 7.10. The number of hydrogen-bond acceptors (Lipinski definition) is 4. The molecule has 0 radical (unpaired) electrons. The Morgan fingerprint density at radius 2 is 2.17 bits per heavy atom. The Hall–Kier alpha value is -1.36. The highest BCUT2D eigenvalue weighted by atomic mass is 32.1. The van der Waals surface area contributed by atoms with E-state index in [0.717, 1.165) is 10.4 Å². The third-order valence-corrected chi connectivity index (χ3v) is 3.67. The summed E-state index contributed by atoms with van der Waals surface area (Å²) in [5.41, 5.74) is 0.189. The van der Waals surface area contributed by atoms with Crippen molar-refractivity contribution < 1.29 is 14.3 Å². The first-order valence-corrected chi connectivity index (χ1v) is 6.78. The topological polar surface area (TPSA) is 46.6 Å². The van der Waals surface area contributed by atoms with E-state index in [1.54, 1.807) is 23.2 Å². The maximum Gasteiger partial charge on any atom is 0.329 e. The lowest BCUT2D eigenvalue weighted by atomic mass is 10.2. The van der Waals surface area contributed by atoms with Gasteiger partial charge in [0.15, 0.2) is 0 Å². The lowest BCUT2D eigenvalue weighted by Crippen LogP contribution is -2.42. The second-order valence-electron chi connectivity index (χ2n) is 5.40. The van der Waals surface area contributed by atoms with Gasteiger partial charge >= 0.3 is 5.97 Å². The summed E-state index contributed by atoms with van der Waals surface area (Å²) in [6.07, 6.45) is 0. The number of rotatable bonds is 2. The van der Waals surface area contributed by atoms with Gasteiger partial charge in [0.1, 0.15) is 11.6 Å². The molecule has 18 heavy (non-hydrogen) atoms. The normalized spacial score (nSPS) is 16.7. The quantitative estimate of drug-likeness (QED) is 0.773. The number of fused-ring (bicyclic) bond motifs is 1. The molecule has 5 heteroatoms. The molecule has 1 atom stereocenters. The highest BCUT2D eigenvalue weighted by Crippen LogP contribution is 2.29. The molecule has 0 N–H and O–H groups in total. The van der Waals surface area contributed by atoms with Crippen molar-refractivity contribution in [3.05, 3.63) is 21.9 Å². The predicted molar refractivity (Wildman–Crippen MR) is 69.5 cm³/mol. The Morgan fingerprint density at radius 3 is 2.72 bits per heavy atom. The number of ether oxygens (including phenoxy) is 1. The van der Waals surface area contributed by atoms with Crippen LogP contribution in [0, 0.1) is 0 Å². The van der Waals surface area contributed by atoms with E-state index in [0.29, 0.717) is 6.54 Å². The standard InChI is InChI=1S/C13H17NO3S/c1-8(12(16)17-13(2,3)4)14-7-10-9(11(14)15)5-6-18-10/h5-6,8H,7H2,1-4H3. The van der Waals surface area contributed by atoms with Crippen molar-refractivity contribution in [1.29, 1.82) is 0 Å². The number of esters is 1. The molecule has 1 aliphatic heterocycles. The molecule has 98 valence electrons. The molecule has 0 aliphatic carbocycles. The van der Waals surface area contributed by atoms with Crippen molar-refractivity contribution in [3.63, 3.8) is 0 Å². The summed E-state index contributed by atoms with van der Waals surface area (Å²) in [4.78, 5) is 26.6. The molecule has 4 nitrogen and oxygen atoms in total. The summed E-state index contributed by atoms with van der Waals surface area (Å²) >= 11 is 1.55. The van der Waals surface area contributed by atoms with Gasteiger partial charge in [0, 0.05) is 4.88 Å². The van der Waals surface area contributed by atoms with Crippen LogP contribution in [0.4, 0.5) is 0 Å². The molecule has 1 aliphatic rings. The minimum absolute atomic E-state index is 0.0791. The van der Waals surface area contributed by atoms with Gasteiger partial charge in [-0.05, 0) is 39.1 Å². The van der Waals surface area contributed by atoms with Crippen LogP contribution in [0.25, 0.3) is 0 Å². The average Bonchev–Trinajstić information content (AvgIpc) is 2.78. The van der Waals surface area contributed by atoms with Gasteiger partial charge in [0.25, 0.3) is 5.91 Å². The zero-order valence-electron chi connectivity index (χ0n) is 11.0. The third kappa shape index (κ3) is 2.41. The Kier molecular flexibility index (Phi) is 3.19. The molecule has 0 bridgehead atoms. The van der Waals surface area contributed by atoms with Gasteiger partial charge in [0.05, 0.1) is 12.1 Å². The van der Waals surface area contributed by atoms with Crippen LogP contribution >= 0.6 is 11.3 Å². The molecule has 0 saturated carbocycles. The largest absolute Gasteiger partial charge is 0.458 e. The number of carbonyl (C=O) groups is 2. The maximum absolute atomic E-state index is 12.1. The summed E-state index contributed by atoms with van der Waals surface area (Å²) in [7, 11) is 0. The summed E-state index contributed by atoms with van der Waals surface area (Å²) in [6.45, 7) is 7.68. The van der Waals surface area contributed by atoms with E-state index in [2.05, 4.69) is 0 Å². The molecule has 1 aromatic heterocycles. The predicted octanol–water partition coefficient (Wildman–Crippen LogP) is 2.43. The average molecular weight is 267 g/mol. The van der Waals surface area contributed by atoms with E-state index in [-0.39, 0.29) is 11.9 Å². The van der Waals surface area contributed by atoms with Crippen LogP contribution < -0.4 is 0 Å². The zero-order valence-corrected chi connectivity index (χ0v) is 11.8. The number of nitrogens with zero attached hydrogens (tertiary/aromatic N) is 1. The van der Waals surface area contributed by atoms with Crippen molar-refractivity contribution in [1.82, 2.24) is 4.90 Å². The van der Waals surface area contributed by atoms with E-state index < -0.39 is 11.6 Å². The monoisotopic (exact) mass is 267 g/mol. The third-order valence-electron chi connectivity index (χ3n) is 2.77. The van der Waals surface area contributed by atoms with Gasteiger partial charge in [-0.25, -0.2) is 4.79 Å². The smallest absolute Gasteiger partial charge is 0.329 e. The Labute approximate surface area is 111 Å². The molecule has 2 rings (SSSR count). The molecule has 0 fully saturated rings. The van der Waals surface area contributed by atoms with Gasteiger partial charge in [-0.3, -0.25) is 4.79 Å². The Bertz CT molecular complexity index is 487. The summed E-state index contributed by atoms with van der Waals surface area (Å²) in [6, 6.07) is 1.26. The second kappa shape index (κ2) is 4.39. The molecule has 1 aromatic rings. The van der Waals surface area contributed by atoms with Crippen LogP contribution in [0.15, 0.2) is 11.4 Å². The van der Waals surface area contributed by atoms with Crippen LogP contribution in [0.2, 0.25) is 0 Å². The van der Waals surface area contributed by atoms with Crippen molar-refractivity contribution >= 4 is 23.2 Å². The fourth-order valence-electron chi connectivity index (χ4n) is 1.86. The van der Waals surface area contributed by atoms with E-state index >= 15 is 0 Å². The van der Waals surface area contributed by atoms with Crippen molar-refractivity contribution in [2.75, 3.05) is 0 Å². The van der Waals surface area contributed by atoms with Crippen molar-refractivity contribution in [3.8, 4) is 0 Å². The van der Waals surface area contributed by atoms with Crippen molar-refractivity contribution in [2.24, 2.45) is 0 Å². The first-order valence-electron chi connectivity index (χ1n) is 5.90. The Morgan fingerprint density at radius 1 is 1.50 bits per heavy atom. The number of carbonyl (C=O) groups excluding carboxylic acids is 2. The molecule has 0 spiro atoms. The van der Waals surface area contributed by atoms with Crippen LogP contribution in [-0.2, 0) is 16.1 Å². The number of amides is 1. The lowest BCUT2D eigenvalue weighted by molar-refractivity contribution is -0.159. The molecular weight excluding hydrogens is 250 g/mol. The zero-order chi connectivity index (χ0) is 13.5. The van der Waals surface area contributed by atoms with E-state index in [1.165, 1.54) is 0 Å². The molecule has 2 heterocycles. The lowest BCUT2D eigenvalue weighted by Gasteiger charge is -2.27. The highest BCUT2D eigenvalue weighted by Gasteiger charge is 2.36. The molecule has 1 unspecified atom stereocenters. The van der Waals surface area contributed by atoms with Crippen molar-refractivity contribution in [2.45, 2.75) is 45.9 Å². The molecule has 1 amide bonds. The summed E-state index contributed by atoms with van der Waals surface area (Å²) in [5.74, 6) is -0.435. The number of thiophene rings is 1. The second-order valence-corrected chi connectivity index (χ2v) is 6.40. The molecule has 0 aromatic carbocycles. The van der Waals surface area contributed by atoms with Gasteiger partial charge < -0.3 is 9.64 Å². The Balaban J connectivity index is 2.08. The van der Waals surface area contributed by atoms with E-state index in [4.69, 9.17) is 4.74 Å². The fraction of sp³-hybridized carbons (Fsp3) is 0.538. The van der Waals surface area contributed by atoms with E-state index in [9.17, 15) is 9.59 Å². The minimum atomic E-state index is -0.545. The SMILES string of the molecule is CC(C(=O)OC(C)(C)C)N1Cc2sccc2C1=O. The summed E-state index contributed by atoms with van der Waals surface area (Å²) < 4.78 is 5.31. The van der Waals surface area contributed by atoms with Gasteiger partial charge in [-0.1, -0.05) is 0 Å². The van der Waals surface area contributed by atoms with Crippen LogP contribution in [-0.4, -0.2) is 28.4 Å². The minimum Gasteiger partial charge on any atom is -0.458 e. The fourth-order valence-corrected chi connectivity index (χ4v) is 2.73. The first-order chi connectivity index (χ1) is 8.29. The molecular formula is C13H17NO3S.